The van der Waals surface area contributed by atoms with Gasteiger partial charge in [-0.2, -0.15) is 0 Å². The van der Waals surface area contributed by atoms with E-state index < -0.39 is 12.0 Å². The van der Waals surface area contributed by atoms with Crippen molar-refractivity contribution in [2.75, 3.05) is 43.5 Å². The third-order valence-corrected chi connectivity index (χ3v) is 6.60. The van der Waals surface area contributed by atoms with Crippen LogP contribution in [0.15, 0.2) is 42.7 Å². The van der Waals surface area contributed by atoms with Crippen molar-refractivity contribution in [3.05, 3.63) is 54.0 Å². The van der Waals surface area contributed by atoms with Gasteiger partial charge in [-0.25, -0.2) is 19.7 Å². The fourth-order valence-corrected chi connectivity index (χ4v) is 4.62. The van der Waals surface area contributed by atoms with E-state index in [-0.39, 0.29) is 6.67 Å². The Morgan fingerprint density at radius 1 is 1.11 bits per heavy atom. The number of aromatic nitrogens is 3. The Morgan fingerprint density at radius 3 is 2.83 bits per heavy atom. The van der Waals surface area contributed by atoms with Gasteiger partial charge in [0.1, 0.15) is 24.0 Å². The predicted molar refractivity (Wildman–Crippen MR) is 140 cm³/mol. The zero-order chi connectivity index (χ0) is 25.2. The number of rotatable bonds is 14. The van der Waals surface area contributed by atoms with Gasteiger partial charge in [-0.15, -0.1) is 0 Å². The molecule has 0 radical (unpaired) electrons. The number of fused-ring (bicyclic) bond motifs is 2. The quantitative estimate of drug-likeness (QED) is 0.285. The van der Waals surface area contributed by atoms with Gasteiger partial charge >= 0.3 is 5.97 Å². The monoisotopic (exact) mass is 494 g/mol. The van der Waals surface area contributed by atoms with E-state index in [1.807, 2.05) is 24.3 Å². The fraction of sp³-hybridized carbons (Fsp3) is 0.481. The largest absolute Gasteiger partial charge is 0.480 e. The molecule has 0 amide bonds. The molecule has 1 atom stereocenters. The number of nitrogens with one attached hydrogen (secondary N) is 2. The lowest BCUT2D eigenvalue weighted by atomic mass is 10.1. The number of alkyl halides is 1. The summed E-state index contributed by atoms with van der Waals surface area (Å²) in [5.41, 5.74) is 3.14. The van der Waals surface area contributed by atoms with E-state index in [0.717, 1.165) is 67.6 Å². The molecule has 3 aromatic rings. The number of benzene rings is 1. The highest BCUT2D eigenvalue weighted by molar-refractivity contribution is 5.90. The highest BCUT2D eigenvalue weighted by Gasteiger charge is 2.20. The van der Waals surface area contributed by atoms with Crippen LogP contribution >= 0.6 is 0 Å². The average Bonchev–Trinajstić information content (AvgIpc) is 2.91. The number of carboxylic acids is 1. The molecule has 1 aliphatic rings. The normalized spacial score (nSPS) is 13.8. The molecule has 2 aromatic heterocycles. The van der Waals surface area contributed by atoms with Gasteiger partial charge in [-0.1, -0.05) is 18.2 Å². The van der Waals surface area contributed by atoms with Crippen LogP contribution in [0.5, 0.6) is 0 Å². The second kappa shape index (κ2) is 13.1. The van der Waals surface area contributed by atoms with Crippen LogP contribution < -0.4 is 10.6 Å². The fourth-order valence-electron chi connectivity index (χ4n) is 4.62. The van der Waals surface area contributed by atoms with Crippen molar-refractivity contribution in [1.82, 2.24) is 19.9 Å². The van der Waals surface area contributed by atoms with Gasteiger partial charge in [0.2, 0.25) is 0 Å². The Balaban J connectivity index is 1.29. The Morgan fingerprint density at radius 2 is 1.97 bits per heavy atom. The minimum Gasteiger partial charge on any atom is -0.480 e. The van der Waals surface area contributed by atoms with Crippen LogP contribution in [-0.2, 0) is 17.6 Å². The number of halogens is 1. The van der Waals surface area contributed by atoms with E-state index in [4.69, 9.17) is 4.98 Å². The number of hydrogen-bond acceptors (Lipinski definition) is 7. The zero-order valence-corrected chi connectivity index (χ0v) is 20.6. The summed E-state index contributed by atoms with van der Waals surface area (Å²) in [5.74, 6) is 0.595. The standard InChI is InChI=1S/C27H35FN6O2/c28-14-6-17-34(16-4-3-8-21-12-11-20-7-5-15-29-25(20)32-21)18-13-24(27(35)36)33-26-22-9-1-2-10-23(22)30-19-31-26/h1-2,9-12,19,24H,3-8,13-18H2,(H,29,32)(H,35,36)(H,30,31,33)/t24-/m0/s1. The molecule has 36 heavy (non-hydrogen) atoms. The number of anilines is 2. The third kappa shape index (κ3) is 7.10. The van der Waals surface area contributed by atoms with E-state index in [1.54, 1.807) is 0 Å². The summed E-state index contributed by atoms with van der Waals surface area (Å²) >= 11 is 0. The molecule has 8 nitrogen and oxygen atoms in total. The maximum atomic E-state index is 12.9. The van der Waals surface area contributed by atoms with E-state index in [2.05, 4.69) is 37.6 Å². The predicted octanol–water partition coefficient (Wildman–Crippen LogP) is 4.32. The van der Waals surface area contributed by atoms with Crippen molar-refractivity contribution < 1.29 is 14.3 Å². The van der Waals surface area contributed by atoms with Crippen LogP contribution in [0.1, 0.15) is 43.4 Å². The molecule has 0 saturated carbocycles. The number of pyridine rings is 1. The first-order chi connectivity index (χ1) is 17.6. The van der Waals surface area contributed by atoms with Gasteiger partial charge in [0.15, 0.2) is 0 Å². The van der Waals surface area contributed by atoms with Gasteiger partial charge in [-0.3, -0.25) is 4.39 Å². The summed E-state index contributed by atoms with van der Waals surface area (Å²) in [4.78, 5) is 27.4. The van der Waals surface area contributed by atoms with Gasteiger partial charge in [0.25, 0.3) is 0 Å². The molecule has 192 valence electrons. The van der Waals surface area contributed by atoms with E-state index >= 15 is 0 Å². The number of carbonyl (C=O) groups is 1. The minimum atomic E-state index is -0.935. The molecule has 0 aliphatic carbocycles. The number of nitrogens with zero attached hydrogens (tertiary/aromatic N) is 4. The Bertz CT molecular complexity index is 1140. The SMILES string of the molecule is O=C(O)[C@H](CCN(CCCF)CCCCc1ccc2c(n1)NCCC2)Nc1ncnc2ccccc12. The molecule has 0 saturated heterocycles. The topological polar surface area (TPSA) is 103 Å². The highest BCUT2D eigenvalue weighted by atomic mass is 19.1. The number of hydrogen-bond donors (Lipinski definition) is 3. The molecule has 0 bridgehead atoms. The average molecular weight is 495 g/mol. The molecular formula is C27H35FN6O2. The molecule has 0 unspecified atom stereocenters. The lowest BCUT2D eigenvalue weighted by Gasteiger charge is -2.24. The maximum Gasteiger partial charge on any atom is 0.326 e. The molecule has 4 rings (SSSR count). The first kappa shape index (κ1) is 25.8. The number of unbranched alkanes of at least 4 members (excludes halogenated alkanes) is 1. The zero-order valence-electron chi connectivity index (χ0n) is 20.6. The summed E-state index contributed by atoms with van der Waals surface area (Å²) in [6.45, 7) is 2.57. The van der Waals surface area contributed by atoms with Gasteiger partial charge in [0.05, 0.1) is 12.2 Å². The van der Waals surface area contributed by atoms with Crippen molar-refractivity contribution >= 4 is 28.5 Å². The summed E-state index contributed by atoms with van der Waals surface area (Å²) in [5, 5.41) is 17.1. The van der Waals surface area contributed by atoms with Crippen molar-refractivity contribution in [2.24, 2.45) is 0 Å². The molecule has 3 heterocycles. The van der Waals surface area contributed by atoms with E-state index in [9.17, 15) is 14.3 Å². The lowest BCUT2D eigenvalue weighted by Crippen LogP contribution is -2.36. The third-order valence-electron chi connectivity index (χ3n) is 6.60. The molecule has 9 heteroatoms. The summed E-state index contributed by atoms with van der Waals surface area (Å²) < 4.78 is 12.9. The first-order valence-electron chi connectivity index (χ1n) is 12.8. The number of aryl methyl sites for hydroxylation is 2. The second-order valence-electron chi connectivity index (χ2n) is 9.25. The summed E-state index contributed by atoms with van der Waals surface area (Å²) in [6.07, 6.45) is 7.31. The van der Waals surface area contributed by atoms with Crippen molar-refractivity contribution in [2.45, 2.75) is 51.0 Å². The summed E-state index contributed by atoms with van der Waals surface area (Å²) in [7, 11) is 0. The number of carboxylic acid groups (broad SMARTS) is 1. The van der Waals surface area contributed by atoms with E-state index in [1.165, 1.54) is 11.9 Å². The Kier molecular flexibility index (Phi) is 9.38. The van der Waals surface area contributed by atoms with Crippen molar-refractivity contribution in [3.8, 4) is 0 Å². The van der Waals surface area contributed by atoms with Gasteiger partial charge < -0.3 is 20.6 Å². The molecule has 1 aliphatic heterocycles. The lowest BCUT2D eigenvalue weighted by molar-refractivity contribution is -0.138. The van der Waals surface area contributed by atoms with Crippen LogP contribution in [0.2, 0.25) is 0 Å². The Hall–Kier alpha value is -3.33. The molecule has 3 N–H and O–H groups in total. The number of aliphatic carboxylic acids is 1. The van der Waals surface area contributed by atoms with Gasteiger partial charge in [0, 0.05) is 30.7 Å². The van der Waals surface area contributed by atoms with Crippen LogP contribution in [0.25, 0.3) is 10.9 Å². The van der Waals surface area contributed by atoms with Crippen LogP contribution in [-0.4, -0.2) is 69.8 Å². The minimum absolute atomic E-state index is 0.379. The van der Waals surface area contributed by atoms with Crippen LogP contribution in [0.4, 0.5) is 16.0 Å². The molecule has 1 aromatic carbocycles. The maximum absolute atomic E-state index is 12.9. The van der Waals surface area contributed by atoms with Crippen molar-refractivity contribution in [1.29, 1.82) is 0 Å². The van der Waals surface area contributed by atoms with Crippen molar-refractivity contribution in [3.63, 3.8) is 0 Å². The molecule has 0 fully saturated rings. The number of para-hydroxylation sites is 1. The summed E-state index contributed by atoms with van der Waals surface area (Å²) in [6, 6.07) is 11.0. The van der Waals surface area contributed by atoms with Crippen LogP contribution in [0, 0.1) is 0 Å². The Labute approximate surface area is 211 Å². The molecule has 0 spiro atoms. The first-order valence-corrected chi connectivity index (χ1v) is 12.8. The highest BCUT2D eigenvalue weighted by Crippen LogP contribution is 2.21. The van der Waals surface area contributed by atoms with Gasteiger partial charge in [-0.05, 0) is 75.3 Å². The smallest absolute Gasteiger partial charge is 0.326 e. The molecular weight excluding hydrogens is 459 g/mol. The van der Waals surface area contributed by atoms with E-state index in [0.29, 0.717) is 31.7 Å². The van der Waals surface area contributed by atoms with Crippen LogP contribution in [0.3, 0.4) is 0 Å². The second-order valence-corrected chi connectivity index (χ2v) is 9.25.